The molecule has 0 aliphatic rings. The van der Waals surface area contributed by atoms with Gasteiger partial charge in [0.2, 0.25) is 5.91 Å². The summed E-state index contributed by atoms with van der Waals surface area (Å²) in [6, 6.07) is 6.36. The summed E-state index contributed by atoms with van der Waals surface area (Å²) >= 11 is 0. The van der Waals surface area contributed by atoms with Gasteiger partial charge >= 0.3 is 0 Å². The molecule has 0 aliphatic heterocycles. The quantitative estimate of drug-likeness (QED) is 0.822. The number of nitrogens with one attached hydrogen (secondary N) is 1. The largest absolute Gasteiger partial charge is 0.356 e. The summed E-state index contributed by atoms with van der Waals surface area (Å²) in [5.74, 6) is -0.310. The van der Waals surface area contributed by atoms with Gasteiger partial charge in [-0.1, -0.05) is 12.1 Å². The third-order valence-corrected chi connectivity index (χ3v) is 2.00. The molecule has 0 aliphatic carbocycles. The van der Waals surface area contributed by atoms with Gasteiger partial charge in [0.1, 0.15) is 5.82 Å². The Morgan fingerprint density at radius 1 is 1.44 bits per heavy atom. The number of rotatable bonds is 5. The van der Waals surface area contributed by atoms with Gasteiger partial charge in [-0.25, -0.2) is 4.39 Å². The predicted octanol–water partition coefficient (Wildman–Crippen LogP) is 1.25. The van der Waals surface area contributed by atoms with Gasteiger partial charge in [-0.2, -0.15) is 0 Å². The van der Waals surface area contributed by atoms with Crippen LogP contribution in [0.5, 0.6) is 0 Å². The molecule has 1 amide bonds. The maximum Gasteiger partial charge on any atom is 0.221 e. The Morgan fingerprint density at radius 3 is 2.81 bits per heavy atom. The van der Waals surface area contributed by atoms with E-state index in [0.29, 0.717) is 25.9 Å². The van der Waals surface area contributed by atoms with Crippen LogP contribution < -0.4 is 11.1 Å². The number of benzene rings is 1. The van der Waals surface area contributed by atoms with E-state index in [1.807, 2.05) is 6.07 Å². The zero-order chi connectivity index (χ0) is 11.1. The highest BCUT2D eigenvalue weighted by molar-refractivity contribution is 5.85. The highest BCUT2D eigenvalue weighted by Gasteiger charge is 1.99. The number of carbonyl (C=O) groups is 1. The van der Waals surface area contributed by atoms with Crippen molar-refractivity contribution in [2.75, 3.05) is 13.1 Å². The minimum atomic E-state index is -0.249. The van der Waals surface area contributed by atoms with Gasteiger partial charge in [0.15, 0.2) is 0 Å². The molecule has 1 rings (SSSR count). The molecule has 1 aromatic carbocycles. The fourth-order valence-corrected chi connectivity index (χ4v) is 1.26. The molecule has 5 heteroatoms. The third-order valence-electron chi connectivity index (χ3n) is 2.00. The van der Waals surface area contributed by atoms with E-state index in [0.717, 1.165) is 5.56 Å². The van der Waals surface area contributed by atoms with E-state index in [1.54, 1.807) is 6.07 Å². The summed E-state index contributed by atoms with van der Waals surface area (Å²) in [5.41, 5.74) is 6.10. The fraction of sp³-hybridized carbons (Fsp3) is 0.364. The van der Waals surface area contributed by atoms with Crippen molar-refractivity contribution in [3.05, 3.63) is 35.6 Å². The van der Waals surface area contributed by atoms with E-state index in [2.05, 4.69) is 5.32 Å². The van der Waals surface area contributed by atoms with E-state index >= 15 is 0 Å². The van der Waals surface area contributed by atoms with Crippen LogP contribution in [0.2, 0.25) is 0 Å². The Morgan fingerprint density at radius 2 is 2.19 bits per heavy atom. The first-order valence-electron chi connectivity index (χ1n) is 4.93. The second kappa shape index (κ2) is 8.07. The lowest BCUT2D eigenvalue weighted by atomic mass is 10.1. The van der Waals surface area contributed by atoms with E-state index < -0.39 is 0 Å². The zero-order valence-corrected chi connectivity index (χ0v) is 9.73. The van der Waals surface area contributed by atoms with Crippen molar-refractivity contribution < 1.29 is 9.18 Å². The monoisotopic (exact) mass is 246 g/mol. The molecule has 0 heterocycles. The minimum absolute atomic E-state index is 0. The maximum absolute atomic E-state index is 12.8. The van der Waals surface area contributed by atoms with E-state index in [4.69, 9.17) is 5.73 Å². The first kappa shape index (κ1) is 14.9. The van der Waals surface area contributed by atoms with Crippen molar-refractivity contribution in [2.24, 2.45) is 5.73 Å². The Hall–Kier alpha value is -1.13. The van der Waals surface area contributed by atoms with Crippen LogP contribution in [-0.2, 0) is 11.2 Å². The van der Waals surface area contributed by atoms with Gasteiger partial charge in [0.05, 0.1) is 0 Å². The second-order valence-corrected chi connectivity index (χ2v) is 3.27. The van der Waals surface area contributed by atoms with Gasteiger partial charge in [-0.05, 0) is 24.1 Å². The van der Waals surface area contributed by atoms with E-state index in [-0.39, 0.29) is 24.1 Å². The Bertz CT molecular complexity index is 334. The SMILES string of the molecule is Cl.NCCC(=O)NCCc1cccc(F)c1. The summed E-state index contributed by atoms with van der Waals surface area (Å²) in [4.78, 5) is 11.0. The van der Waals surface area contributed by atoms with Crippen molar-refractivity contribution in [1.29, 1.82) is 0 Å². The number of hydrogen-bond acceptors (Lipinski definition) is 2. The van der Waals surface area contributed by atoms with Crippen LogP contribution in [0, 0.1) is 5.82 Å². The molecule has 0 fully saturated rings. The summed E-state index contributed by atoms with van der Waals surface area (Å²) < 4.78 is 12.8. The van der Waals surface area contributed by atoms with Crippen molar-refractivity contribution in [3.63, 3.8) is 0 Å². The number of carbonyl (C=O) groups excluding carboxylic acids is 1. The van der Waals surface area contributed by atoms with Gasteiger partial charge in [0, 0.05) is 19.5 Å². The zero-order valence-electron chi connectivity index (χ0n) is 8.91. The molecule has 90 valence electrons. The molecule has 3 N–H and O–H groups in total. The van der Waals surface area contributed by atoms with Crippen molar-refractivity contribution in [3.8, 4) is 0 Å². The molecule has 0 unspecified atom stereocenters. The van der Waals surface area contributed by atoms with Gasteiger partial charge in [0.25, 0.3) is 0 Å². The first-order chi connectivity index (χ1) is 7.22. The van der Waals surface area contributed by atoms with Crippen LogP contribution in [-0.4, -0.2) is 19.0 Å². The highest BCUT2D eigenvalue weighted by Crippen LogP contribution is 2.03. The predicted molar refractivity (Wildman–Crippen MR) is 64.0 cm³/mol. The number of hydrogen-bond donors (Lipinski definition) is 2. The van der Waals surface area contributed by atoms with Crippen LogP contribution in [0.1, 0.15) is 12.0 Å². The minimum Gasteiger partial charge on any atom is -0.356 e. The Balaban J connectivity index is 0.00000225. The molecule has 3 nitrogen and oxygen atoms in total. The average molecular weight is 247 g/mol. The maximum atomic E-state index is 12.8. The van der Waals surface area contributed by atoms with E-state index in [1.165, 1.54) is 12.1 Å². The Kier molecular flexibility index (Phi) is 7.50. The highest BCUT2D eigenvalue weighted by atomic mass is 35.5. The molecule has 0 spiro atoms. The summed E-state index contributed by atoms with van der Waals surface area (Å²) in [5, 5.41) is 2.71. The van der Waals surface area contributed by atoms with Crippen LogP contribution in [0.25, 0.3) is 0 Å². The van der Waals surface area contributed by atoms with Crippen LogP contribution in [0.15, 0.2) is 24.3 Å². The van der Waals surface area contributed by atoms with Gasteiger partial charge < -0.3 is 11.1 Å². The molecule has 0 aromatic heterocycles. The molecule has 1 aromatic rings. The lowest BCUT2D eigenvalue weighted by Crippen LogP contribution is -2.27. The molecule has 16 heavy (non-hydrogen) atoms. The Labute approximate surface area is 101 Å². The molecule has 0 saturated heterocycles. The molecular weight excluding hydrogens is 231 g/mol. The van der Waals surface area contributed by atoms with Gasteiger partial charge in [-0.3, -0.25) is 4.79 Å². The molecule has 0 radical (unpaired) electrons. The van der Waals surface area contributed by atoms with E-state index in [9.17, 15) is 9.18 Å². The van der Waals surface area contributed by atoms with Crippen LogP contribution >= 0.6 is 12.4 Å². The first-order valence-corrected chi connectivity index (χ1v) is 4.93. The van der Waals surface area contributed by atoms with Crippen molar-refractivity contribution in [1.82, 2.24) is 5.32 Å². The third kappa shape index (κ3) is 5.68. The molecule has 0 atom stereocenters. The van der Waals surface area contributed by atoms with Crippen LogP contribution in [0.3, 0.4) is 0 Å². The molecule has 0 saturated carbocycles. The number of nitrogens with two attached hydrogens (primary N) is 1. The normalized spacial score (nSPS) is 9.38. The summed E-state index contributed by atoms with van der Waals surface area (Å²) in [6.45, 7) is 0.869. The average Bonchev–Trinajstić information content (AvgIpc) is 2.18. The van der Waals surface area contributed by atoms with Crippen LogP contribution in [0.4, 0.5) is 4.39 Å². The number of halogens is 2. The number of amides is 1. The lowest BCUT2D eigenvalue weighted by molar-refractivity contribution is -0.120. The van der Waals surface area contributed by atoms with Crippen molar-refractivity contribution in [2.45, 2.75) is 12.8 Å². The summed E-state index contributed by atoms with van der Waals surface area (Å²) in [7, 11) is 0. The molecular formula is C11H16ClFN2O. The van der Waals surface area contributed by atoms with Gasteiger partial charge in [-0.15, -0.1) is 12.4 Å². The topological polar surface area (TPSA) is 55.1 Å². The molecule has 0 bridgehead atoms. The van der Waals surface area contributed by atoms with Crippen molar-refractivity contribution >= 4 is 18.3 Å². The lowest BCUT2D eigenvalue weighted by Gasteiger charge is -2.04. The standard InChI is InChI=1S/C11H15FN2O.ClH/c12-10-3-1-2-9(8-10)5-7-14-11(15)4-6-13;/h1-3,8H,4-7,13H2,(H,14,15);1H. The summed E-state index contributed by atoms with van der Waals surface area (Å²) in [6.07, 6.45) is 0.969. The smallest absolute Gasteiger partial charge is 0.221 e. The second-order valence-electron chi connectivity index (χ2n) is 3.27. The fourth-order valence-electron chi connectivity index (χ4n) is 1.26.